The monoisotopic (exact) mass is 314 g/mol. The van der Waals surface area contributed by atoms with E-state index in [-0.39, 0.29) is 18.3 Å². The molecule has 0 saturated heterocycles. The first-order valence-corrected chi connectivity index (χ1v) is 6.86. The minimum absolute atomic E-state index is 0.00516. The predicted molar refractivity (Wildman–Crippen MR) is 71.5 cm³/mol. The molecular formula is C13H16BrFN2O. The molecule has 1 aromatic rings. The molecule has 0 aliphatic heterocycles. The van der Waals surface area contributed by atoms with Crippen molar-refractivity contribution in [1.29, 1.82) is 0 Å². The Labute approximate surface area is 114 Å². The molecule has 1 aliphatic rings. The molecule has 1 aromatic carbocycles. The van der Waals surface area contributed by atoms with Crippen LogP contribution in [0.4, 0.5) is 4.39 Å². The molecule has 1 amide bonds. The van der Waals surface area contributed by atoms with Crippen molar-refractivity contribution in [3.63, 3.8) is 0 Å². The Bertz CT molecular complexity index is 435. The first-order chi connectivity index (χ1) is 8.65. The van der Waals surface area contributed by atoms with Gasteiger partial charge in [0.15, 0.2) is 0 Å². The topological polar surface area (TPSA) is 41.1 Å². The molecule has 0 spiro atoms. The third kappa shape index (κ3) is 4.38. The Morgan fingerprint density at radius 3 is 2.94 bits per heavy atom. The second-order valence-electron chi connectivity index (χ2n) is 4.59. The summed E-state index contributed by atoms with van der Waals surface area (Å²) in [5, 5.41) is 5.87. The van der Waals surface area contributed by atoms with Gasteiger partial charge in [-0.2, -0.15) is 0 Å². The molecule has 2 N–H and O–H groups in total. The van der Waals surface area contributed by atoms with Crippen molar-refractivity contribution in [1.82, 2.24) is 10.6 Å². The van der Waals surface area contributed by atoms with Gasteiger partial charge in [0.25, 0.3) is 0 Å². The van der Waals surface area contributed by atoms with Crippen molar-refractivity contribution in [3.05, 3.63) is 34.1 Å². The molecule has 3 nitrogen and oxygen atoms in total. The maximum absolute atomic E-state index is 13.0. The van der Waals surface area contributed by atoms with E-state index in [1.807, 2.05) is 0 Å². The molecule has 0 unspecified atom stereocenters. The van der Waals surface area contributed by atoms with Gasteiger partial charge in [0.1, 0.15) is 5.82 Å². The number of hydrogen-bond donors (Lipinski definition) is 2. The fourth-order valence-electron chi connectivity index (χ4n) is 1.63. The molecule has 0 bridgehead atoms. The van der Waals surface area contributed by atoms with Crippen LogP contribution in [0.3, 0.4) is 0 Å². The van der Waals surface area contributed by atoms with Crippen LogP contribution in [-0.4, -0.2) is 19.0 Å². The van der Waals surface area contributed by atoms with E-state index in [1.165, 1.54) is 25.0 Å². The molecule has 0 atom stereocenters. The minimum atomic E-state index is -0.270. The lowest BCUT2D eigenvalue weighted by atomic mass is 10.2. The van der Waals surface area contributed by atoms with Gasteiger partial charge in [-0.3, -0.25) is 4.79 Å². The van der Waals surface area contributed by atoms with Crippen molar-refractivity contribution in [2.45, 2.75) is 19.4 Å². The van der Waals surface area contributed by atoms with Crippen LogP contribution in [-0.2, 0) is 11.3 Å². The summed E-state index contributed by atoms with van der Waals surface area (Å²) in [7, 11) is 0. The highest BCUT2D eigenvalue weighted by Gasteiger charge is 2.21. The fourth-order valence-corrected chi connectivity index (χ4v) is 2.02. The second-order valence-corrected chi connectivity index (χ2v) is 5.44. The highest BCUT2D eigenvalue weighted by atomic mass is 79.9. The van der Waals surface area contributed by atoms with E-state index < -0.39 is 0 Å². The minimum Gasteiger partial charge on any atom is -0.355 e. The third-order valence-corrected chi connectivity index (χ3v) is 3.67. The van der Waals surface area contributed by atoms with Crippen LogP contribution >= 0.6 is 15.9 Å². The van der Waals surface area contributed by atoms with E-state index in [1.54, 1.807) is 6.07 Å². The Morgan fingerprint density at radius 1 is 1.44 bits per heavy atom. The van der Waals surface area contributed by atoms with Crippen molar-refractivity contribution in [2.24, 2.45) is 5.92 Å². The molecule has 18 heavy (non-hydrogen) atoms. The van der Waals surface area contributed by atoms with Crippen LogP contribution in [0.2, 0.25) is 0 Å². The number of benzene rings is 1. The van der Waals surface area contributed by atoms with Crippen LogP contribution in [0.5, 0.6) is 0 Å². The molecule has 0 heterocycles. The Balaban J connectivity index is 1.70. The molecule has 2 rings (SSSR count). The van der Waals surface area contributed by atoms with Crippen LogP contribution in [0.1, 0.15) is 18.4 Å². The fraction of sp³-hybridized carbons (Fsp3) is 0.462. The van der Waals surface area contributed by atoms with Gasteiger partial charge in [-0.05, 0) is 42.5 Å². The number of rotatable bonds is 6. The molecule has 98 valence electrons. The van der Waals surface area contributed by atoms with Gasteiger partial charge in [-0.15, -0.1) is 0 Å². The molecule has 1 saturated carbocycles. The third-order valence-electron chi connectivity index (χ3n) is 2.89. The standard InChI is InChI=1S/C13H16BrFN2O/c14-12-4-3-11(15)5-10(12)7-16-8-13(18)17-6-9-1-2-9/h3-5,9,16H,1-2,6-8H2,(H,17,18). The van der Waals surface area contributed by atoms with E-state index >= 15 is 0 Å². The smallest absolute Gasteiger partial charge is 0.233 e. The molecule has 0 radical (unpaired) electrons. The summed E-state index contributed by atoms with van der Waals surface area (Å²) < 4.78 is 13.9. The molecule has 1 fully saturated rings. The van der Waals surface area contributed by atoms with Crippen molar-refractivity contribution < 1.29 is 9.18 Å². The highest BCUT2D eigenvalue weighted by molar-refractivity contribution is 9.10. The zero-order chi connectivity index (χ0) is 13.0. The van der Waals surface area contributed by atoms with Gasteiger partial charge in [0.05, 0.1) is 6.54 Å². The SMILES string of the molecule is O=C(CNCc1cc(F)ccc1Br)NCC1CC1. The average Bonchev–Trinajstić information content (AvgIpc) is 3.15. The maximum atomic E-state index is 13.0. The number of halogens is 2. The highest BCUT2D eigenvalue weighted by Crippen LogP contribution is 2.27. The second kappa shape index (κ2) is 6.29. The summed E-state index contributed by atoms with van der Waals surface area (Å²) in [6.07, 6.45) is 2.45. The number of carbonyl (C=O) groups excluding carboxylic acids is 1. The lowest BCUT2D eigenvalue weighted by Gasteiger charge is -2.07. The van der Waals surface area contributed by atoms with E-state index in [2.05, 4.69) is 26.6 Å². The zero-order valence-corrected chi connectivity index (χ0v) is 11.6. The number of hydrogen-bond acceptors (Lipinski definition) is 2. The molecular weight excluding hydrogens is 299 g/mol. The van der Waals surface area contributed by atoms with Crippen LogP contribution in [0, 0.1) is 11.7 Å². The summed E-state index contributed by atoms with van der Waals surface area (Å²) in [5.41, 5.74) is 0.810. The summed E-state index contributed by atoms with van der Waals surface area (Å²) in [6, 6.07) is 4.52. The summed E-state index contributed by atoms with van der Waals surface area (Å²) >= 11 is 3.35. The maximum Gasteiger partial charge on any atom is 0.233 e. The quantitative estimate of drug-likeness (QED) is 0.845. The van der Waals surface area contributed by atoms with Gasteiger partial charge < -0.3 is 10.6 Å². The van der Waals surface area contributed by atoms with Gasteiger partial charge in [-0.1, -0.05) is 15.9 Å². The predicted octanol–water partition coefficient (Wildman–Crippen LogP) is 2.20. The van der Waals surface area contributed by atoms with Crippen molar-refractivity contribution in [2.75, 3.05) is 13.1 Å². The lowest BCUT2D eigenvalue weighted by molar-refractivity contribution is -0.120. The largest absolute Gasteiger partial charge is 0.355 e. The molecule has 5 heteroatoms. The molecule has 1 aliphatic carbocycles. The Hall–Kier alpha value is -0.940. The first-order valence-electron chi connectivity index (χ1n) is 6.06. The van der Waals surface area contributed by atoms with Gasteiger partial charge in [-0.25, -0.2) is 4.39 Å². The number of carbonyl (C=O) groups is 1. The van der Waals surface area contributed by atoms with E-state index in [4.69, 9.17) is 0 Å². The Morgan fingerprint density at radius 2 is 2.22 bits per heavy atom. The summed E-state index contributed by atoms with van der Waals surface area (Å²) in [4.78, 5) is 11.5. The average molecular weight is 315 g/mol. The van der Waals surface area contributed by atoms with Gasteiger partial charge in [0, 0.05) is 17.6 Å². The molecule has 0 aromatic heterocycles. The van der Waals surface area contributed by atoms with Gasteiger partial charge in [0.2, 0.25) is 5.91 Å². The first kappa shape index (κ1) is 13.5. The van der Waals surface area contributed by atoms with E-state index in [0.717, 1.165) is 16.6 Å². The van der Waals surface area contributed by atoms with E-state index in [0.29, 0.717) is 12.5 Å². The van der Waals surface area contributed by atoms with Crippen molar-refractivity contribution >= 4 is 21.8 Å². The van der Waals surface area contributed by atoms with E-state index in [9.17, 15) is 9.18 Å². The normalized spacial score (nSPS) is 14.6. The van der Waals surface area contributed by atoms with Crippen LogP contribution in [0.25, 0.3) is 0 Å². The van der Waals surface area contributed by atoms with Crippen LogP contribution < -0.4 is 10.6 Å². The lowest BCUT2D eigenvalue weighted by Crippen LogP contribution is -2.34. The summed E-state index contributed by atoms with van der Waals surface area (Å²) in [6.45, 7) is 1.51. The Kier molecular flexibility index (Phi) is 4.72. The summed E-state index contributed by atoms with van der Waals surface area (Å²) in [5.74, 6) is 0.411. The zero-order valence-electron chi connectivity index (χ0n) is 10.0. The van der Waals surface area contributed by atoms with Crippen molar-refractivity contribution in [3.8, 4) is 0 Å². The van der Waals surface area contributed by atoms with Crippen LogP contribution in [0.15, 0.2) is 22.7 Å². The van der Waals surface area contributed by atoms with Gasteiger partial charge >= 0.3 is 0 Å². The number of amides is 1. The number of nitrogens with one attached hydrogen (secondary N) is 2.